The highest BCUT2D eigenvalue weighted by atomic mass is 32.2. The number of fused-ring (bicyclic) bond motifs is 5. The number of carbonyl (C=O) groups is 1. The number of piperidine rings is 1. The average molecular weight is 425 g/mol. The molecule has 2 atom stereocenters. The van der Waals surface area contributed by atoms with Crippen molar-refractivity contribution in [3.8, 4) is 5.88 Å². The van der Waals surface area contributed by atoms with Crippen molar-refractivity contribution in [2.75, 3.05) is 26.0 Å². The Kier molecular flexibility index (Phi) is 6.03. The minimum absolute atomic E-state index is 0.103. The third-order valence-corrected chi connectivity index (χ3v) is 6.78. The fourth-order valence-electron chi connectivity index (χ4n) is 4.66. The Hall–Kier alpha value is -1.78. The van der Waals surface area contributed by atoms with Crippen LogP contribution in [0.5, 0.6) is 5.88 Å². The van der Waals surface area contributed by atoms with Gasteiger partial charge in [-0.15, -0.1) is 0 Å². The van der Waals surface area contributed by atoms with Crippen LogP contribution in [0.3, 0.4) is 0 Å². The lowest BCUT2D eigenvalue weighted by molar-refractivity contribution is -0.140. The third-order valence-electron chi connectivity index (χ3n) is 6.05. The second kappa shape index (κ2) is 8.53. The van der Waals surface area contributed by atoms with Gasteiger partial charge >= 0.3 is 0 Å². The van der Waals surface area contributed by atoms with Crippen molar-refractivity contribution in [3.63, 3.8) is 0 Å². The van der Waals surface area contributed by atoms with E-state index in [9.17, 15) is 13.2 Å². The summed E-state index contributed by atoms with van der Waals surface area (Å²) in [7, 11) is -3.39. The van der Waals surface area contributed by atoms with E-state index in [1.165, 1.54) is 0 Å². The molecule has 0 radical (unpaired) electrons. The number of nitrogens with one attached hydrogen (secondary N) is 1. The zero-order valence-electron chi connectivity index (χ0n) is 16.6. The molecule has 4 aliphatic rings. The number of carbonyl (C=O) groups excluding carboxylic acids is 1. The zero-order chi connectivity index (χ0) is 20.4. The summed E-state index contributed by atoms with van der Waals surface area (Å²) in [4.78, 5) is 23.5. The molecule has 1 aromatic rings. The number of ether oxygens (including phenoxy) is 2. The van der Waals surface area contributed by atoms with Gasteiger partial charge in [0.05, 0.1) is 25.0 Å². The summed E-state index contributed by atoms with van der Waals surface area (Å²) in [6.07, 6.45) is 9.51. The first-order chi connectivity index (χ1) is 13.9. The van der Waals surface area contributed by atoms with Crippen LogP contribution in [-0.2, 0) is 19.6 Å². The van der Waals surface area contributed by atoms with Crippen LogP contribution in [0.25, 0.3) is 0 Å². The van der Waals surface area contributed by atoms with Crippen LogP contribution < -0.4 is 9.46 Å². The molecule has 0 spiro atoms. The lowest BCUT2D eigenvalue weighted by Crippen LogP contribution is -2.59. The van der Waals surface area contributed by atoms with Crippen molar-refractivity contribution in [2.24, 2.45) is 0 Å². The predicted octanol–water partition coefficient (Wildman–Crippen LogP) is 0.821. The largest absolute Gasteiger partial charge is 0.466 e. The standard InChI is InChI=1S/C19H28N4O5S/c1-29(25,26)22-15-3-2-10-23-16(15)11-27-14-6-4-13(5-7-14)18-19(21-9-8-20-18)28-12-17(23)24/h8-9,13-16,22H,2-7,10-12H2,1H3. The number of rotatable bonds is 2. The molecule has 2 unspecified atom stereocenters. The molecule has 3 aliphatic heterocycles. The van der Waals surface area contributed by atoms with Crippen molar-refractivity contribution in [1.82, 2.24) is 19.6 Å². The summed E-state index contributed by atoms with van der Waals surface area (Å²) in [6.45, 7) is 0.723. The molecule has 4 heterocycles. The first-order valence-corrected chi connectivity index (χ1v) is 12.1. The monoisotopic (exact) mass is 424 g/mol. The predicted molar refractivity (Wildman–Crippen MR) is 105 cm³/mol. The molecule has 2 bridgehead atoms. The Morgan fingerprint density at radius 1 is 1.14 bits per heavy atom. The quantitative estimate of drug-likeness (QED) is 0.748. The van der Waals surface area contributed by atoms with E-state index in [0.29, 0.717) is 25.5 Å². The highest BCUT2D eigenvalue weighted by molar-refractivity contribution is 7.88. The average Bonchev–Trinajstić information content (AvgIpc) is 2.71. The molecule has 160 valence electrons. The van der Waals surface area contributed by atoms with Crippen LogP contribution in [0.15, 0.2) is 12.4 Å². The van der Waals surface area contributed by atoms with Gasteiger partial charge in [-0.2, -0.15) is 0 Å². The van der Waals surface area contributed by atoms with Crippen molar-refractivity contribution < 1.29 is 22.7 Å². The molecule has 5 rings (SSSR count). The van der Waals surface area contributed by atoms with Gasteiger partial charge in [-0.3, -0.25) is 9.78 Å². The molecule has 1 amide bonds. The van der Waals surface area contributed by atoms with Gasteiger partial charge in [0.25, 0.3) is 5.91 Å². The molecular formula is C19H28N4O5S. The van der Waals surface area contributed by atoms with Gasteiger partial charge < -0.3 is 14.4 Å². The lowest BCUT2D eigenvalue weighted by Gasteiger charge is -2.41. The third kappa shape index (κ3) is 4.87. The molecule has 29 heavy (non-hydrogen) atoms. The summed E-state index contributed by atoms with van der Waals surface area (Å²) >= 11 is 0. The SMILES string of the molecule is CS(=O)(=O)NC1CCCN2C(=O)COc3nccnc3C3CCC(CC3)OCC12. The maximum atomic E-state index is 13.0. The fourth-order valence-corrected chi connectivity index (χ4v) is 5.49. The molecule has 10 heteroatoms. The van der Waals surface area contributed by atoms with E-state index in [4.69, 9.17) is 9.47 Å². The van der Waals surface area contributed by atoms with Gasteiger partial charge in [-0.1, -0.05) is 0 Å². The first-order valence-electron chi connectivity index (χ1n) is 10.2. The van der Waals surface area contributed by atoms with Crippen LogP contribution in [0.2, 0.25) is 0 Å². The zero-order valence-corrected chi connectivity index (χ0v) is 17.4. The second-order valence-corrected chi connectivity index (χ2v) is 9.92. The van der Waals surface area contributed by atoms with E-state index < -0.39 is 10.0 Å². The summed E-state index contributed by atoms with van der Waals surface area (Å²) in [6, 6.07) is -0.717. The van der Waals surface area contributed by atoms with Crippen LogP contribution in [0.1, 0.15) is 50.1 Å². The van der Waals surface area contributed by atoms with Crippen molar-refractivity contribution in [3.05, 3.63) is 18.1 Å². The van der Waals surface area contributed by atoms with Crippen LogP contribution >= 0.6 is 0 Å². The van der Waals surface area contributed by atoms with Crippen LogP contribution in [0, 0.1) is 0 Å². The molecule has 1 saturated heterocycles. The van der Waals surface area contributed by atoms with Crippen molar-refractivity contribution >= 4 is 15.9 Å². The lowest BCUT2D eigenvalue weighted by atomic mass is 9.85. The van der Waals surface area contributed by atoms with E-state index in [0.717, 1.165) is 44.1 Å². The first kappa shape index (κ1) is 20.5. The van der Waals surface area contributed by atoms with E-state index in [-0.39, 0.29) is 36.6 Å². The summed E-state index contributed by atoms with van der Waals surface area (Å²) in [5.74, 6) is 0.474. The summed E-state index contributed by atoms with van der Waals surface area (Å²) in [5.41, 5.74) is 0.810. The molecule has 1 aliphatic carbocycles. The van der Waals surface area contributed by atoms with E-state index >= 15 is 0 Å². The minimum atomic E-state index is -3.39. The normalized spacial score (nSPS) is 30.9. The number of hydrogen-bond acceptors (Lipinski definition) is 7. The Labute approximate surface area is 171 Å². The maximum Gasteiger partial charge on any atom is 0.260 e. The van der Waals surface area contributed by atoms with E-state index in [1.807, 2.05) is 0 Å². The smallest absolute Gasteiger partial charge is 0.260 e. The topological polar surface area (TPSA) is 111 Å². The molecule has 2 fully saturated rings. The number of amides is 1. The van der Waals surface area contributed by atoms with Gasteiger partial charge in [0.1, 0.15) is 5.69 Å². The fraction of sp³-hybridized carbons (Fsp3) is 0.737. The Balaban J connectivity index is 1.61. The summed E-state index contributed by atoms with van der Waals surface area (Å²) < 4.78 is 38.4. The van der Waals surface area contributed by atoms with E-state index in [1.54, 1.807) is 17.3 Å². The van der Waals surface area contributed by atoms with Gasteiger partial charge in [0, 0.05) is 30.9 Å². The van der Waals surface area contributed by atoms with Gasteiger partial charge in [-0.25, -0.2) is 18.1 Å². The number of sulfonamides is 1. The summed E-state index contributed by atoms with van der Waals surface area (Å²) in [5, 5.41) is 0. The Morgan fingerprint density at radius 2 is 1.90 bits per heavy atom. The Morgan fingerprint density at radius 3 is 2.66 bits per heavy atom. The molecule has 1 saturated carbocycles. The van der Waals surface area contributed by atoms with Crippen molar-refractivity contribution in [1.29, 1.82) is 0 Å². The Bertz CT molecular complexity index is 841. The van der Waals surface area contributed by atoms with Crippen LogP contribution in [-0.4, -0.2) is 73.4 Å². The molecule has 0 aromatic carbocycles. The van der Waals surface area contributed by atoms with Gasteiger partial charge in [-0.05, 0) is 38.5 Å². The van der Waals surface area contributed by atoms with Gasteiger partial charge in [0.15, 0.2) is 6.61 Å². The second-order valence-electron chi connectivity index (χ2n) is 8.14. The maximum absolute atomic E-state index is 13.0. The highest BCUT2D eigenvalue weighted by Gasteiger charge is 2.38. The molecule has 1 aromatic heterocycles. The van der Waals surface area contributed by atoms with Crippen LogP contribution in [0.4, 0.5) is 0 Å². The molecule has 9 nitrogen and oxygen atoms in total. The van der Waals surface area contributed by atoms with E-state index in [2.05, 4.69) is 14.7 Å². The highest BCUT2D eigenvalue weighted by Crippen LogP contribution is 2.37. The van der Waals surface area contributed by atoms with Crippen molar-refractivity contribution in [2.45, 2.75) is 62.6 Å². The number of aromatic nitrogens is 2. The number of hydrogen-bond donors (Lipinski definition) is 1. The molecular weight excluding hydrogens is 396 g/mol. The number of nitrogens with zero attached hydrogens (tertiary/aromatic N) is 3. The minimum Gasteiger partial charge on any atom is -0.466 e. The molecule has 1 N–H and O–H groups in total. The van der Waals surface area contributed by atoms with Gasteiger partial charge in [0.2, 0.25) is 15.9 Å².